The molecule has 0 unspecified atom stereocenters. The SMILES string of the molecule is CCN(CC(C)(C)C)c1ccc(-c2cc(F)ccc2C(=O)O)cc1NC(=O)Nc1ccccc1F. The number of halogens is 2. The Bertz CT molecular complexity index is 1240. The molecule has 0 aliphatic rings. The molecule has 0 aliphatic heterocycles. The van der Waals surface area contributed by atoms with Gasteiger partial charge in [-0.3, -0.25) is 0 Å². The van der Waals surface area contributed by atoms with Gasteiger partial charge < -0.3 is 20.6 Å². The summed E-state index contributed by atoms with van der Waals surface area (Å²) in [6, 6.07) is 13.6. The molecule has 3 N–H and O–H groups in total. The Morgan fingerprint density at radius 2 is 1.63 bits per heavy atom. The number of hydrogen-bond donors (Lipinski definition) is 3. The van der Waals surface area contributed by atoms with Crippen LogP contribution in [0.2, 0.25) is 0 Å². The van der Waals surface area contributed by atoms with E-state index in [1.165, 1.54) is 24.3 Å². The molecule has 0 fully saturated rings. The maximum absolute atomic E-state index is 14.0. The molecule has 35 heavy (non-hydrogen) atoms. The minimum atomic E-state index is -1.20. The Hall–Kier alpha value is -3.94. The second kappa shape index (κ2) is 10.5. The summed E-state index contributed by atoms with van der Waals surface area (Å²) in [5.41, 5.74) is 1.57. The molecule has 8 heteroatoms. The van der Waals surface area contributed by atoms with Crippen LogP contribution < -0.4 is 15.5 Å². The molecular formula is C27H29F2N3O3. The number of para-hydroxylation sites is 1. The van der Waals surface area contributed by atoms with Gasteiger partial charge in [0.2, 0.25) is 0 Å². The van der Waals surface area contributed by atoms with E-state index in [-0.39, 0.29) is 22.2 Å². The first-order valence-corrected chi connectivity index (χ1v) is 11.2. The highest BCUT2D eigenvalue weighted by atomic mass is 19.1. The molecule has 3 aromatic carbocycles. The van der Waals surface area contributed by atoms with Gasteiger partial charge in [0.05, 0.1) is 22.6 Å². The lowest BCUT2D eigenvalue weighted by Crippen LogP contribution is -2.33. The number of amides is 2. The van der Waals surface area contributed by atoms with Crippen molar-refractivity contribution < 1.29 is 23.5 Å². The summed E-state index contributed by atoms with van der Waals surface area (Å²) >= 11 is 0. The van der Waals surface area contributed by atoms with Crippen molar-refractivity contribution >= 4 is 29.1 Å². The Morgan fingerprint density at radius 3 is 2.26 bits per heavy atom. The number of benzene rings is 3. The van der Waals surface area contributed by atoms with Crippen molar-refractivity contribution in [3.8, 4) is 11.1 Å². The summed E-state index contributed by atoms with van der Waals surface area (Å²) in [4.78, 5) is 26.6. The Morgan fingerprint density at radius 1 is 0.943 bits per heavy atom. The Labute approximate surface area is 203 Å². The molecule has 0 saturated carbocycles. The van der Waals surface area contributed by atoms with Gasteiger partial charge in [0.1, 0.15) is 11.6 Å². The van der Waals surface area contributed by atoms with E-state index in [0.717, 1.165) is 12.1 Å². The van der Waals surface area contributed by atoms with E-state index in [2.05, 4.69) is 36.3 Å². The highest BCUT2D eigenvalue weighted by Gasteiger charge is 2.21. The molecule has 0 spiro atoms. The van der Waals surface area contributed by atoms with E-state index in [9.17, 15) is 23.5 Å². The zero-order chi connectivity index (χ0) is 25.8. The molecular weight excluding hydrogens is 452 g/mol. The lowest BCUT2D eigenvalue weighted by molar-refractivity contribution is 0.0697. The predicted molar refractivity (Wildman–Crippen MR) is 135 cm³/mol. The zero-order valence-electron chi connectivity index (χ0n) is 20.2. The molecule has 0 bridgehead atoms. The van der Waals surface area contributed by atoms with Crippen molar-refractivity contribution in [1.82, 2.24) is 0 Å². The summed E-state index contributed by atoms with van der Waals surface area (Å²) in [6.07, 6.45) is 0. The quantitative estimate of drug-likeness (QED) is 0.345. The number of urea groups is 1. The molecule has 184 valence electrons. The highest BCUT2D eigenvalue weighted by molar-refractivity contribution is 6.03. The second-order valence-corrected chi connectivity index (χ2v) is 9.36. The van der Waals surface area contributed by atoms with Gasteiger partial charge in [-0.25, -0.2) is 18.4 Å². The lowest BCUT2D eigenvalue weighted by atomic mass is 9.95. The van der Waals surface area contributed by atoms with Gasteiger partial charge in [-0.1, -0.05) is 39.0 Å². The fraction of sp³-hybridized carbons (Fsp3) is 0.259. The fourth-order valence-corrected chi connectivity index (χ4v) is 3.80. The molecule has 0 heterocycles. The largest absolute Gasteiger partial charge is 0.478 e. The Balaban J connectivity index is 2.07. The van der Waals surface area contributed by atoms with Crippen LogP contribution in [0.25, 0.3) is 11.1 Å². The van der Waals surface area contributed by atoms with Crippen LogP contribution in [0.1, 0.15) is 38.1 Å². The van der Waals surface area contributed by atoms with Crippen molar-refractivity contribution in [3.05, 3.63) is 77.9 Å². The molecule has 0 atom stereocenters. The fourth-order valence-electron chi connectivity index (χ4n) is 3.80. The van der Waals surface area contributed by atoms with Crippen molar-refractivity contribution in [3.63, 3.8) is 0 Å². The monoisotopic (exact) mass is 481 g/mol. The van der Waals surface area contributed by atoms with E-state index in [4.69, 9.17) is 0 Å². The number of rotatable bonds is 7. The Kier molecular flexibility index (Phi) is 7.74. The first kappa shape index (κ1) is 25.7. The van der Waals surface area contributed by atoms with Gasteiger partial charge in [-0.05, 0) is 65.9 Å². The van der Waals surface area contributed by atoms with Gasteiger partial charge in [0, 0.05) is 13.1 Å². The van der Waals surface area contributed by atoms with Crippen molar-refractivity contribution in [2.24, 2.45) is 5.41 Å². The molecule has 2 amide bonds. The summed E-state index contributed by atoms with van der Waals surface area (Å²) in [5, 5.41) is 14.8. The molecule has 3 rings (SSSR count). The van der Waals surface area contributed by atoms with E-state index in [1.54, 1.807) is 24.3 Å². The van der Waals surface area contributed by atoms with Crippen LogP contribution in [0.5, 0.6) is 0 Å². The third-order valence-electron chi connectivity index (χ3n) is 5.28. The number of carbonyl (C=O) groups is 2. The molecule has 6 nitrogen and oxygen atoms in total. The molecule has 0 radical (unpaired) electrons. The van der Waals surface area contributed by atoms with Crippen LogP contribution >= 0.6 is 0 Å². The average molecular weight is 482 g/mol. The number of carbonyl (C=O) groups excluding carboxylic acids is 1. The zero-order valence-corrected chi connectivity index (χ0v) is 20.2. The van der Waals surface area contributed by atoms with Gasteiger partial charge in [-0.2, -0.15) is 0 Å². The van der Waals surface area contributed by atoms with Crippen LogP contribution in [0.4, 0.5) is 30.6 Å². The van der Waals surface area contributed by atoms with Crippen LogP contribution in [-0.4, -0.2) is 30.2 Å². The first-order valence-electron chi connectivity index (χ1n) is 11.2. The number of anilines is 3. The average Bonchev–Trinajstić information content (AvgIpc) is 2.78. The van der Waals surface area contributed by atoms with Crippen LogP contribution in [0, 0.1) is 17.0 Å². The van der Waals surface area contributed by atoms with Crippen molar-refractivity contribution in [2.75, 3.05) is 28.6 Å². The summed E-state index contributed by atoms with van der Waals surface area (Å²) in [5.74, 6) is -2.35. The molecule has 0 saturated heterocycles. The number of carboxylic acids is 1. The standard InChI is InChI=1S/C27H29F2N3O3/c1-5-32(16-27(2,3)4)24-13-10-17(20-15-18(28)11-12-19(20)25(33)34)14-23(24)31-26(35)30-22-9-7-6-8-21(22)29/h6-15H,5,16H2,1-4H3,(H,33,34)(H2,30,31,35). The van der Waals surface area contributed by atoms with Crippen molar-refractivity contribution in [2.45, 2.75) is 27.7 Å². The molecule has 0 aliphatic carbocycles. The van der Waals surface area contributed by atoms with Crippen LogP contribution in [0.15, 0.2) is 60.7 Å². The first-order chi connectivity index (χ1) is 16.5. The van der Waals surface area contributed by atoms with Gasteiger partial charge >= 0.3 is 12.0 Å². The summed E-state index contributed by atoms with van der Waals surface area (Å²) in [6.45, 7) is 9.57. The number of hydrogen-bond acceptors (Lipinski definition) is 3. The maximum atomic E-state index is 14.0. The van der Waals surface area contributed by atoms with E-state index >= 15 is 0 Å². The minimum absolute atomic E-state index is 0.0167. The number of nitrogens with one attached hydrogen (secondary N) is 2. The highest BCUT2D eigenvalue weighted by Crippen LogP contribution is 2.35. The normalized spacial score (nSPS) is 11.1. The van der Waals surface area contributed by atoms with Gasteiger partial charge in [0.25, 0.3) is 0 Å². The minimum Gasteiger partial charge on any atom is -0.478 e. The van der Waals surface area contributed by atoms with Gasteiger partial charge in [-0.15, -0.1) is 0 Å². The predicted octanol–water partition coefficient (Wildman–Crippen LogP) is 6.85. The van der Waals surface area contributed by atoms with Crippen LogP contribution in [0.3, 0.4) is 0 Å². The third-order valence-corrected chi connectivity index (χ3v) is 5.28. The van der Waals surface area contributed by atoms with E-state index < -0.39 is 23.6 Å². The van der Waals surface area contributed by atoms with E-state index in [1.807, 2.05) is 6.92 Å². The number of aromatic carboxylic acids is 1. The van der Waals surface area contributed by atoms with E-state index in [0.29, 0.717) is 30.0 Å². The topological polar surface area (TPSA) is 81.7 Å². The smallest absolute Gasteiger partial charge is 0.336 e. The van der Waals surface area contributed by atoms with Gasteiger partial charge in [0.15, 0.2) is 0 Å². The second-order valence-electron chi connectivity index (χ2n) is 9.36. The number of carboxylic acid groups (broad SMARTS) is 1. The molecule has 3 aromatic rings. The summed E-state index contributed by atoms with van der Waals surface area (Å²) in [7, 11) is 0. The maximum Gasteiger partial charge on any atom is 0.336 e. The third kappa shape index (κ3) is 6.56. The van der Waals surface area contributed by atoms with Crippen molar-refractivity contribution in [1.29, 1.82) is 0 Å². The molecule has 0 aromatic heterocycles. The number of nitrogens with zero attached hydrogens (tertiary/aromatic N) is 1. The summed E-state index contributed by atoms with van der Waals surface area (Å²) < 4.78 is 28.1. The van der Waals surface area contributed by atoms with Crippen LogP contribution in [-0.2, 0) is 0 Å². The lowest BCUT2D eigenvalue weighted by Gasteiger charge is -2.32.